The van der Waals surface area contributed by atoms with Crippen LogP contribution in [-0.4, -0.2) is 19.9 Å². The van der Waals surface area contributed by atoms with Gasteiger partial charge in [0.15, 0.2) is 5.82 Å². The highest BCUT2D eigenvalue weighted by Crippen LogP contribution is 2.30. The van der Waals surface area contributed by atoms with Crippen LogP contribution in [0.1, 0.15) is 17.3 Å². The molecule has 3 heterocycles. The van der Waals surface area contributed by atoms with E-state index >= 15 is 0 Å². The van der Waals surface area contributed by atoms with Gasteiger partial charge in [-0.2, -0.15) is 0 Å². The zero-order valence-corrected chi connectivity index (χ0v) is 16.2. The van der Waals surface area contributed by atoms with E-state index < -0.39 is 0 Å². The molecule has 0 saturated heterocycles. The molecule has 0 aliphatic heterocycles. The Morgan fingerprint density at radius 2 is 1.53 bits per heavy atom. The van der Waals surface area contributed by atoms with Crippen LogP contribution in [0.25, 0.3) is 22.3 Å². The van der Waals surface area contributed by atoms with Crippen LogP contribution < -0.4 is 5.32 Å². The lowest BCUT2D eigenvalue weighted by atomic mass is 10.0. The second kappa shape index (κ2) is 8.09. The second-order valence-corrected chi connectivity index (χ2v) is 6.90. The van der Waals surface area contributed by atoms with Crippen LogP contribution in [0.2, 0.25) is 0 Å². The Labute approximate surface area is 174 Å². The molecule has 1 atom stereocenters. The van der Waals surface area contributed by atoms with Gasteiger partial charge >= 0.3 is 0 Å². The Kier molecular flexibility index (Phi) is 4.84. The van der Waals surface area contributed by atoms with E-state index in [0.717, 1.165) is 33.5 Å². The van der Waals surface area contributed by atoms with Gasteiger partial charge in [0.05, 0.1) is 17.3 Å². The van der Waals surface area contributed by atoms with E-state index in [2.05, 4.69) is 27.4 Å². The van der Waals surface area contributed by atoms with Crippen molar-refractivity contribution >= 4 is 16.7 Å². The van der Waals surface area contributed by atoms with Crippen molar-refractivity contribution in [2.75, 3.05) is 5.32 Å². The van der Waals surface area contributed by atoms with Crippen molar-refractivity contribution in [1.29, 1.82) is 0 Å². The van der Waals surface area contributed by atoms with E-state index in [9.17, 15) is 0 Å². The normalized spacial score (nSPS) is 11.9. The monoisotopic (exact) mass is 389 g/mol. The Balaban J connectivity index is 1.65. The average molecular weight is 389 g/mol. The van der Waals surface area contributed by atoms with Gasteiger partial charge in [-0.15, -0.1) is 0 Å². The number of hydrogen-bond donors (Lipinski definition) is 1. The van der Waals surface area contributed by atoms with E-state index in [-0.39, 0.29) is 6.04 Å². The molecule has 2 aromatic carbocycles. The van der Waals surface area contributed by atoms with Crippen LogP contribution >= 0.6 is 0 Å². The lowest BCUT2D eigenvalue weighted by molar-refractivity contribution is 0.880. The van der Waals surface area contributed by atoms with Gasteiger partial charge < -0.3 is 5.32 Å². The van der Waals surface area contributed by atoms with Gasteiger partial charge in [0.25, 0.3) is 0 Å². The molecule has 144 valence electrons. The molecule has 5 nitrogen and oxygen atoms in total. The van der Waals surface area contributed by atoms with Crippen molar-refractivity contribution in [3.8, 4) is 11.4 Å². The van der Waals surface area contributed by atoms with E-state index in [1.54, 1.807) is 12.4 Å². The summed E-state index contributed by atoms with van der Waals surface area (Å²) in [5.41, 5.74) is 3.79. The third kappa shape index (κ3) is 3.61. The number of aromatic nitrogens is 4. The molecule has 3 aromatic heterocycles. The number of anilines is 1. The second-order valence-electron chi connectivity index (χ2n) is 6.90. The molecule has 0 aliphatic rings. The van der Waals surface area contributed by atoms with Crippen molar-refractivity contribution in [3.05, 3.63) is 115 Å². The summed E-state index contributed by atoms with van der Waals surface area (Å²) >= 11 is 0. The molecule has 5 aromatic rings. The standard InChI is InChI=1S/C25H19N5/c1-2-9-18(10-3-1)23(22-14-6-7-16-27-22)29-25-20-12-4-5-13-21(20)28-24(30-25)19-11-8-15-26-17-19/h1-17,23H,(H,28,29,30). The summed E-state index contributed by atoms with van der Waals surface area (Å²) in [7, 11) is 0. The maximum atomic E-state index is 4.87. The topological polar surface area (TPSA) is 63.6 Å². The summed E-state index contributed by atoms with van der Waals surface area (Å²) in [6.07, 6.45) is 5.34. The molecule has 5 rings (SSSR count). The first-order valence-corrected chi connectivity index (χ1v) is 9.78. The Bertz CT molecular complexity index is 1220. The van der Waals surface area contributed by atoms with Gasteiger partial charge in [-0.05, 0) is 42.0 Å². The zero-order chi connectivity index (χ0) is 20.2. The van der Waals surface area contributed by atoms with Crippen molar-refractivity contribution in [1.82, 2.24) is 19.9 Å². The lowest BCUT2D eigenvalue weighted by Crippen LogP contribution is -2.15. The molecular weight excluding hydrogens is 370 g/mol. The number of nitrogens with zero attached hydrogens (tertiary/aromatic N) is 4. The minimum atomic E-state index is -0.146. The SMILES string of the molecule is c1ccc(C(Nc2nc(-c3cccnc3)nc3ccccc23)c2ccccn2)cc1. The number of nitrogens with one attached hydrogen (secondary N) is 1. The van der Waals surface area contributed by atoms with Crippen molar-refractivity contribution in [2.24, 2.45) is 0 Å². The molecule has 0 saturated carbocycles. The van der Waals surface area contributed by atoms with E-state index in [1.165, 1.54) is 0 Å². The van der Waals surface area contributed by atoms with Crippen molar-refractivity contribution in [2.45, 2.75) is 6.04 Å². The van der Waals surface area contributed by atoms with Gasteiger partial charge in [0.2, 0.25) is 0 Å². The van der Waals surface area contributed by atoms with Gasteiger partial charge in [0, 0.05) is 29.5 Å². The minimum absolute atomic E-state index is 0.146. The fourth-order valence-corrected chi connectivity index (χ4v) is 3.47. The molecule has 30 heavy (non-hydrogen) atoms. The summed E-state index contributed by atoms with van der Waals surface area (Å²) < 4.78 is 0. The van der Waals surface area contributed by atoms with Crippen LogP contribution in [0.5, 0.6) is 0 Å². The van der Waals surface area contributed by atoms with Crippen LogP contribution in [0.3, 0.4) is 0 Å². The van der Waals surface area contributed by atoms with E-state index in [0.29, 0.717) is 5.82 Å². The first-order valence-electron chi connectivity index (χ1n) is 9.78. The van der Waals surface area contributed by atoms with E-state index in [4.69, 9.17) is 9.97 Å². The Morgan fingerprint density at radius 3 is 2.33 bits per heavy atom. The molecular formula is C25H19N5. The molecule has 0 spiro atoms. The quantitative estimate of drug-likeness (QED) is 0.443. The molecule has 0 radical (unpaired) electrons. The third-order valence-corrected chi connectivity index (χ3v) is 4.92. The van der Waals surface area contributed by atoms with Crippen LogP contribution in [-0.2, 0) is 0 Å². The van der Waals surface area contributed by atoms with Gasteiger partial charge in [0.1, 0.15) is 5.82 Å². The number of rotatable bonds is 5. The summed E-state index contributed by atoms with van der Waals surface area (Å²) in [5.74, 6) is 1.40. The van der Waals surface area contributed by atoms with Crippen LogP contribution in [0.15, 0.2) is 104 Å². The highest BCUT2D eigenvalue weighted by atomic mass is 15.1. The first kappa shape index (κ1) is 17.9. The zero-order valence-electron chi connectivity index (χ0n) is 16.2. The van der Waals surface area contributed by atoms with Gasteiger partial charge in [-0.3, -0.25) is 9.97 Å². The molecule has 1 N–H and O–H groups in total. The summed E-state index contributed by atoms with van der Waals surface area (Å²) in [6.45, 7) is 0. The maximum absolute atomic E-state index is 4.87. The highest BCUT2D eigenvalue weighted by Gasteiger charge is 2.18. The van der Waals surface area contributed by atoms with Crippen LogP contribution in [0.4, 0.5) is 5.82 Å². The molecule has 5 heteroatoms. The average Bonchev–Trinajstić information content (AvgIpc) is 2.84. The highest BCUT2D eigenvalue weighted by molar-refractivity contribution is 5.90. The molecule has 1 unspecified atom stereocenters. The summed E-state index contributed by atoms with van der Waals surface area (Å²) in [5, 5.41) is 4.59. The van der Waals surface area contributed by atoms with Crippen molar-refractivity contribution in [3.63, 3.8) is 0 Å². The predicted octanol–water partition coefficient (Wildman–Crippen LogP) is 5.29. The number of pyridine rings is 2. The minimum Gasteiger partial charge on any atom is -0.357 e. The third-order valence-electron chi connectivity index (χ3n) is 4.92. The Morgan fingerprint density at radius 1 is 0.700 bits per heavy atom. The molecule has 0 bridgehead atoms. The number of hydrogen-bond acceptors (Lipinski definition) is 5. The van der Waals surface area contributed by atoms with Crippen LogP contribution in [0, 0.1) is 0 Å². The fraction of sp³-hybridized carbons (Fsp3) is 0.0400. The molecule has 0 amide bonds. The van der Waals surface area contributed by atoms with Crippen molar-refractivity contribution < 1.29 is 0 Å². The largest absolute Gasteiger partial charge is 0.357 e. The van der Waals surface area contributed by atoms with Gasteiger partial charge in [-0.1, -0.05) is 48.5 Å². The summed E-state index contributed by atoms with van der Waals surface area (Å²) in [4.78, 5) is 18.4. The molecule has 0 aliphatic carbocycles. The maximum Gasteiger partial charge on any atom is 0.163 e. The number of benzene rings is 2. The molecule has 0 fully saturated rings. The lowest BCUT2D eigenvalue weighted by Gasteiger charge is -2.21. The van der Waals surface area contributed by atoms with E-state index in [1.807, 2.05) is 79.0 Å². The smallest absolute Gasteiger partial charge is 0.163 e. The first-order chi connectivity index (χ1) is 14.9. The summed E-state index contributed by atoms with van der Waals surface area (Å²) in [6, 6.07) is 27.9. The predicted molar refractivity (Wildman–Crippen MR) is 119 cm³/mol. The number of fused-ring (bicyclic) bond motifs is 1. The Hall–Kier alpha value is -4.12. The number of para-hydroxylation sites is 1. The van der Waals surface area contributed by atoms with Gasteiger partial charge in [-0.25, -0.2) is 9.97 Å². The fourth-order valence-electron chi connectivity index (χ4n) is 3.47.